The van der Waals surface area contributed by atoms with Gasteiger partial charge in [-0.2, -0.15) is 0 Å². The molecule has 1 aliphatic heterocycles. The van der Waals surface area contributed by atoms with Crippen LogP contribution in [0.3, 0.4) is 0 Å². The lowest BCUT2D eigenvalue weighted by Gasteiger charge is -2.22. The van der Waals surface area contributed by atoms with Crippen molar-refractivity contribution < 1.29 is 0 Å². The number of hydrogen-bond acceptors (Lipinski definition) is 2. The van der Waals surface area contributed by atoms with Crippen molar-refractivity contribution in [3.05, 3.63) is 23.4 Å². The molecule has 0 amide bonds. The van der Waals surface area contributed by atoms with E-state index in [1.165, 1.54) is 32.2 Å². The molecule has 0 radical (unpaired) electrons. The third-order valence-corrected chi connectivity index (χ3v) is 3.36. The molecule has 1 aliphatic carbocycles. The Morgan fingerprint density at radius 3 is 3.13 bits per heavy atom. The summed E-state index contributed by atoms with van der Waals surface area (Å²) < 4.78 is 0. The first-order chi connectivity index (χ1) is 7.27. The summed E-state index contributed by atoms with van der Waals surface area (Å²) in [7, 11) is 4.30. The van der Waals surface area contributed by atoms with E-state index < -0.39 is 0 Å². The molecule has 0 aromatic rings. The Morgan fingerprint density at radius 1 is 1.47 bits per heavy atom. The molecule has 0 fully saturated rings. The highest BCUT2D eigenvalue weighted by Crippen LogP contribution is 2.31. The van der Waals surface area contributed by atoms with E-state index in [2.05, 4.69) is 36.5 Å². The minimum absolute atomic E-state index is 0.771. The van der Waals surface area contributed by atoms with Gasteiger partial charge in [0.15, 0.2) is 0 Å². The zero-order valence-electron chi connectivity index (χ0n) is 9.92. The number of nitrogens with one attached hydrogen (secondary N) is 1. The highest BCUT2D eigenvalue weighted by Gasteiger charge is 2.22. The third kappa shape index (κ3) is 2.63. The SMILES string of the molecule is CN(C)CCCC1CC=CC2=C1NCC2. The van der Waals surface area contributed by atoms with Gasteiger partial charge in [0.1, 0.15) is 0 Å². The van der Waals surface area contributed by atoms with Crippen LogP contribution in [0.15, 0.2) is 23.4 Å². The Morgan fingerprint density at radius 2 is 2.33 bits per heavy atom. The molecule has 0 saturated carbocycles. The monoisotopic (exact) mass is 206 g/mol. The van der Waals surface area contributed by atoms with E-state index in [4.69, 9.17) is 0 Å². The Kier molecular flexibility index (Phi) is 3.47. The van der Waals surface area contributed by atoms with Crippen LogP contribution in [0.1, 0.15) is 25.7 Å². The van der Waals surface area contributed by atoms with Crippen LogP contribution in [0.5, 0.6) is 0 Å². The number of allylic oxidation sites excluding steroid dienone is 3. The number of hydrogen-bond donors (Lipinski definition) is 1. The Bertz CT molecular complexity index is 276. The molecule has 2 aliphatic rings. The van der Waals surface area contributed by atoms with Crippen LogP contribution in [-0.2, 0) is 0 Å². The average molecular weight is 206 g/mol. The topological polar surface area (TPSA) is 15.3 Å². The lowest BCUT2D eigenvalue weighted by molar-refractivity contribution is 0.374. The molecular weight excluding hydrogens is 184 g/mol. The quantitative estimate of drug-likeness (QED) is 0.758. The predicted octanol–water partition coefficient (Wildman–Crippen LogP) is 2.15. The van der Waals surface area contributed by atoms with E-state index in [0.717, 1.165) is 12.5 Å². The number of rotatable bonds is 4. The van der Waals surface area contributed by atoms with Crippen LogP contribution in [0.2, 0.25) is 0 Å². The van der Waals surface area contributed by atoms with Gasteiger partial charge in [-0.15, -0.1) is 0 Å². The van der Waals surface area contributed by atoms with Crippen LogP contribution in [0.4, 0.5) is 0 Å². The second-order valence-corrected chi connectivity index (χ2v) is 4.90. The van der Waals surface area contributed by atoms with E-state index in [9.17, 15) is 0 Å². The van der Waals surface area contributed by atoms with Gasteiger partial charge < -0.3 is 10.2 Å². The molecule has 15 heavy (non-hydrogen) atoms. The van der Waals surface area contributed by atoms with Crippen molar-refractivity contribution in [3.8, 4) is 0 Å². The van der Waals surface area contributed by atoms with Crippen molar-refractivity contribution in [1.82, 2.24) is 10.2 Å². The maximum atomic E-state index is 3.56. The molecular formula is C13H22N2. The third-order valence-electron chi connectivity index (χ3n) is 3.36. The van der Waals surface area contributed by atoms with Gasteiger partial charge in [-0.1, -0.05) is 12.2 Å². The van der Waals surface area contributed by atoms with E-state index in [-0.39, 0.29) is 0 Å². The molecule has 0 spiro atoms. The smallest absolute Gasteiger partial charge is 0.0185 e. The van der Waals surface area contributed by atoms with Gasteiger partial charge in [0, 0.05) is 18.2 Å². The molecule has 0 bridgehead atoms. The van der Waals surface area contributed by atoms with Gasteiger partial charge in [0.05, 0.1) is 0 Å². The van der Waals surface area contributed by atoms with Crippen LogP contribution in [0, 0.1) is 5.92 Å². The Hall–Kier alpha value is -0.760. The van der Waals surface area contributed by atoms with Crippen LogP contribution < -0.4 is 5.32 Å². The maximum absolute atomic E-state index is 3.56. The van der Waals surface area contributed by atoms with Crippen LogP contribution in [-0.4, -0.2) is 32.1 Å². The molecule has 84 valence electrons. The molecule has 2 nitrogen and oxygen atoms in total. The van der Waals surface area contributed by atoms with Crippen molar-refractivity contribution in [1.29, 1.82) is 0 Å². The fourth-order valence-electron chi connectivity index (χ4n) is 2.57. The lowest BCUT2D eigenvalue weighted by atomic mass is 9.89. The molecule has 1 unspecified atom stereocenters. The summed E-state index contributed by atoms with van der Waals surface area (Å²) in [5.41, 5.74) is 3.12. The summed E-state index contributed by atoms with van der Waals surface area (Å²) in [5, 5.41) is 3.56. The summed E-state index contributed by atoms with van der Waals surface area (Å²) in [6.07, 6.45) is 9.78. The van der Waals surface area contributed by atoms with Crippen molar-refractivity contribution >= 4 is 0 Å². The van der Waals surface area contributed by atoms with Crippen molar-refractivity contribution in [3.63, 3.8) is 0 Å². The fraction of sp³-hybridized carbons (Fsp3) is 0.692. The second kappa shape index (κ2) is 4.84. The van der Waals surface area contributed by atoms with E-state index >= 15 is 0 Å². The van der Waals surface area contributed by atoms with Crippen molar-refractivity contribution in [2.75, 3.05) is 27.2 Å². The summed E-state index contributed by atoms with van der Waals surface area (Å²) in [4.78, 5) is 2.27. The zero-order chi connectivity index (χ0) is 10.7. The zero-order valence-corrected chi connectivity index (χ0v) is 9.92. The molecule has 1 atom stereocenters. The minimum Gasteiger partial charge on any atom is -0.388 e. The first kappa shape index (κ1) is 10.7. The second-order valence-electron chi connectivity index (χ2n) is 4.90. The summed E-state index contributed by atoms with van der Waals surface area (Å²) >= 11 is 0. The van der Waals surface area contributed by atoms with Crippen LogP contribution >= 0.6 is 0 Å². The maximum Gasteiger partial charge on any atom is 0.0185 e. The largest absolute Gasteiger partial charge is 0.388 e. The Balaban J connectivity index is 1.85. The van der Waals surface area contributed by atoms with Gasteiger partial charge >= 0.3 is 0 Å². The van der Waals surface area contributed by atoms with Gasteiger partial charge in [0.2, 0.25) is 0 Å². The van der Waals surface area contributed by atoms with Crippen molar-refractivity contribution in [2.24, 2.45) is 5.92 Å². The van der Waals surface area contributed by atoms with Gasteiger partial charge in [0.25, 0.3) is 0 Å². The normalized spacial score (nSPS) is 24.6. The highest BCUT2D eigenvalue weighted by molar-refractivity contribution is 5.33. The lowest BCUT2D eigenvalue weighted by Crippen LogP contribution is -2.20. The predicted molar refractivity (Wildman–Crippen MR) is 64.7 cm³/mol. The molecule has 1 N–H and O–H groups in total. The van der Waals surface area contributed by atoms with Gasteiger partial charge in [-0.05, 0) is 51.9 Å². The fourth-order valence-corrected chi connectivity index (χ4v) is 2.57. The molecule has 2 rings (SSSR count). The van der Waals surface area contributed by atoms with E-state index in [1.807, 2.05) is 0 Å². The van der Waals surface area contributed by atoms with Gasteiger partial charge in [-0.3, -0.25) is 0 Å². The first-order valence-corrected chi connectivity index (χ1v) is 6.05. The average Bonchev–Trinajstić information content (AvgIpc) is 2.65. The Labute approximate surface area is 93.0 Å². The van der Waals surface area contributed by atoms with E-state index in [1.54, 1.807) is 11.3 Å². The summed E-state index contributed by atoms with van der Waals surface area (Å²) in [5.74, 6) is 0.771. The summed E-state index contributed by atoms with van der Waals surface area (Å²) in [6, 6.07) is 0. The summed E-state index contributed by atoms with van der Waals surface area (Å²) in [6.45, 7) is 2.36. The molecule has 0 saturated heterocycles. The minimum atomic E-state index is 0.771. The first-order valence-electron chi connectivity index (χ1n) is 6.05. The standard InChI is InChI=1S/C13H22N2/c1-15(2)10-4-7-11-5-3-6-12-8-9-14-13(11)12/h3,6,11,14H,4-5,7-10H2,1-2H3. The van der Waals surface area contributed by atoms with Crippen molar-refractivity contribution in [2.45, 2.75) is 25.7 Å². The van der Waals surface area contributed by atoms with Crippen LogP contribution in [0.25, 0.3) is 0 Å². The van der Waals surface area contributed by atoms with E-state index in [0.29, 0.717) is 0 Å². The molecule has 0 aromatic heterocycles. The highest BCUT2D eigenvalue weighted by atomic mass is 15.0. The number of nitrogens with zero attached hydrogens (tertiary/aromatic N) is 1. The molecule has 2 heteroatoms. The molecule has 1 heterocycles. The molecule has 0 aromatic carbocycles. The van der Waals surface area contributed by atoms with Gasteiger partial charge in [-0.25, -0.2) is 0 Å².